The van der Waals surface area contributed by atoms with Crippen molar-refractivity contribution in [1.29, 1.82) is 0 Å². The molecule has 1 aromatic heterocycles. The first-order valence-electron chi connectivity index (χ1n) is 6.26. The Morgan fingerprint density at radius 1 is 1.17 bits per heavy atom. The maximum Gasteiger partial charge on any atom is 0.150 e. The van der Waals surface area contributed by atoms with Gasteiger partial charge in [0.05, 0.1) is 10.7 Å². The summed E-state index contributed by atoms with van der Waals surface area (Å²) in [7, 11) is 0. The van der Waals surface area contributed by atoms with E-state index in [1.54, 1.807) is 12.3 Å². The molecule has 0 radical (unpaired) electrons. The summed E-state index contributed by atoms with van der Waals surface area (Å²) in [5.74, 6) is 1.29. The molecule has 1 heterocycles. The van der Waals surface area contributed by atoms with Gasteiger partial charge in [0.2, 0.25) is 0 Å². The molecule has 1 aliphatic rings. The lowest BCUT2D eigenvalue weighted by molar-refractivity contribution is 0.188. The summed E-state index contributed by atoms with van der Waals surface area (Å²) >= 11 is 3.37. The Morgan fingerprint density at radius 2 is 1.89 bits per heavy atom. The minimum absolute atomic E-state index is 0.561. The van der Waals surface area contributed by atoms with E-state index < -0.39 is 6.10 Å². The predicted octanol–water partition coefficient (Wildman–Crippen LogP) is 4.39. The van der Waals surface area contributed by atoms with Gasteiger partial charge < -0.3 is 9.52 Å². The van der Waals surface area contributed by atoms with Gasteiger partial charge >= 0.3 is 0 Å². The molecule has 18 heavy (non-hydrogen) atoms. The number of hydrogen-bond donors (Lipinski definition) is 1. The highest BCUT2D eigenvalue weighted by atomic mass is 79.9. The molecule has 1 aliphatic carbocycles. The lowest BCUT2D eigenvalue weighted by atomic mass is 9.80. The van der Waals surface area contributed by atoms with Crippen LogP contribution >= 0.6 is 15.9 Å². The summed E-state index contributed by atoms with van der Waals surface area (Å²) in [5, 5.41) is 10.2. The van der Waals surface area contributed by atoms with Gasteiger partial charge in [0, 0.05) is 0 Å². The second kappa shape index (κ2) is 4.90. The molecule has 1 unspecified atom stereocenters. The molecule has 0 aliphatic heterocycles. The van der Waals surface area contributed by atoms with Gasteiger partial charge in [-0.05, 0) is 51.9 Å². The summed E-state index contributed by atoms with van der Waals surface area (Å²) in [6, 6.07) is 10.0. The van der Waals surface area contributed by atoms with E-state index in [4.69, 9.17) is 4.42 Å². The van der Waals surface area contributed by atoms with Gasteiger partial charge in [-0.15, -0.1) is 0 Å². The third-order valence-electron chi connectivity index (χ3n) is 3.72. The highest BCUT2D eigenvalue weighted by molar-refractivity contribution is 9.10. The average Bonchev–Trinajstić information content (AvgIpc) is 2.73. The van der Waals surface area contributed by atoms with Gasteiger partial charge in [-0.2, -0.15) is 0 Å². The van der Waals surface area contributed by atoms with Crippen molar-refractivity contribution in [2.75, 3.05) is 0 Å². The zero-order valence-corrected chi connectivity index (χ0v) is 11.6. The molecule has 3 heteroatoms. The van der Waals surface area contributed by atoms with Crippen molar-refractivity contribution in [2.24, 2.45) is 0 Å². The van der Waals surface area contributed by atoms with Crippen LogP contribution in [-0.2, 0) is 0 Å². The number of hydrogen-bond acceptors (Lipinski definition) is 2. The van der Waals surface area contributed by atoms with Crippen molar-refractivity contribution >= 4 is 15.9 Å². The van der Waals surface area contributed by atoms with E-state index in [1.165, 1.54) is 24.8 Å². The Morgan fingerprint density at radius 3 is 2.39 bits per heavy atom. The smallest absolute Gasteiger partial charge is 0.150 e. The molecule has 1 aromatic carbocycles. The van der Waals surface area contributed by atoms with Crippen LogP contribution in [0.25, 0.3) is 0 Å². The molecule has 0 bridgehead atoms. The summed E-state index contributed by atoms with van der Waals surface area (Å²) < 4.78 is 6.10. The largest absolute Gasteiger partial charge is 0.465 e. The number of halogens is 1. The van der Waals surface area contributed by atoms with Gasteiger partial charge in [-0.25, -0.2) is 0 Å². The number of rotatable bonds is 3. The monoisotopic (exact) mass is 306 g/mol. The number of aliphatic hydroxyl groups excluding tert-OH is 1. The first-order valence-corrected chi connectivity index (χ1v) is 7.06. The second-order valence-corrected chi connectivity index (χ2v) is 5.68. The maximum absolute atomic E-state index is 10.2. The van der Waals surface area contributed by atoms with Gasteiger partial charge in [0.25, 0.3) is 0 Å². The predicted molar refractivity (Wildman–Crippen MR) is 73.5 cm³/mol. The molecule has 0 saturated heterocycles. The number of furan rings is 1. The Hall–Kier alpha value is -1.06. The van der Waals surface area contributed by atoms with Crippen LogP contribution < -0.4 is 0 Å². The fourth-order valence-electron chi connectivity index (χ4n) is 2.34. The van der Waals surface area contributed by atoms with Crippen molar-refractivity contribution in [3.05, 3.63) is 58.0 Å². The highest BCUT2D eigenvalue weighted by Crippen LogP contribution is 2.37. The van der Waals surface area contributed by atoms with Crippen molar-refractivity contribution in [3.63, 3.8) is 0 Å². The quantitative estimate of drug-likeness (QED) is 0.912. The summed E-state index contributed by atoms with van der Waals surface area (Å²) in [6.07, 6.45) is 4.81. The van der Waals surface area contributed by atoms with E-state index in [1.807, 2.05) is 12.1 Å². The van der Waals surface area contributed by atoms with Crippen LogP contribution in [0.2, 0.25) is 0 Å². The third kappa shape index (κ3) is 2.13. The lowest BCUT2D eigenvalue weighted by Gasteiger charge is -2.26. The highest BCUT2D eigenvalue weighted by Gasteiger charge is 2.21. The number of benzene rings is 1. The Balaban J connectivity index is 1.82. The van der Waals surface area contributed by atoms with Crippen LogP contribution in [-0.4, -0.2) is 5.11 Å². The van der Waals surface area contributed by atoms with E-state index in [2.05, 4.69) is 28.1 Å². The molecular formula is C15H15BrO2. The van der Waals surface area contributed by atoms with Gasteiger partial charge in [-0.1, -0.05) is 30.7 Å². The minimum atomic E-state index is -0.704. The summed E-state index contributed by atoms with van der Waals surface area (Å²) in [6.45, 7) is 0. The molecule has 1 atom stereocenters. The van der Waals surface area contributed by atoms with E-state index in [9.17, 15) is 5.11 Å². The van der Waals surface area contributed by atoms with Crippen molar-refractivity contribution in [3.8, 4) is 0 Å². The first kappa shape index (κ1) is 12.0. The minimum Gasteiger partial charge on any atom is -0.465 e. The van der Waals surface area contributed by atoms with E-state index in [0.717, 1.165) is 16.0 Å². The van der Waals surface area contributed by atoms with Gasteiger partial charge in [0.1, 0.15) is 6.10 Å². The van der Waals surface area contributed by atoms with Crippen LogP contribution in [0, 0.1) is 0 Å². The van der Waals surface area contributed by atoms with Crippen molar-refractivity contribution in [1.82, 2.24) is 0 Å². The van der Waals surface area contributed by atoms with Crippen LogP contribution in [0.5, 0.6) is 0 Å². The second-order valence-electron chi connectivity index (χ2n) is 4.83. The Labute approximate surface area is 115 Å². The molecule has 2 nitrogen and oxygen atoms in total. The zero-order valence-electron chi connectivity index (χ0n) is 9.97. The maximum atomic E-state index is 10.2. The zero-order chi connectivity index (χ0) is 12.5. The molecule has 0 spiro atoms. The van der Waals surface area contributed by atoms with E-state index in [0.29, 0.717) is 5.76 Å². The molecule has 1 fully saturated rings. The van der Waals surface area contributed by atoms with Gasteiger partial charge in [0.15, 0.2) is 5.76 Å². The Bertz CT molecular complexity index is 526. The fraction of sp³-hybridized carbons (Fsp3) is 0.333. The third-order valence-corrected chi connectivity index (χ3v) is 4.38. The topological polar surface area (TPSA) is 33.4 Å². The summed E-state index contributed by atoms with van der Waals surface area (Å²) in [4.78, 5) is 0. The molecule has 1 saturated carbocycles. The van der Waals surface area contributed by atoms with Crippen LogP contribution in [0.15, 0.2) is 45.5 Å². The molecule has 94 valence electrons. The van der Waals surface area contributed by atoms with Crippen LogP contribution in [0.1, 0.15) is 48.2 Å². The Kier molecular flexibility index (Phi) is 3.27. The average molecular weight is 307 g/mol. The fourth-order valence-corrected chi connectivity index (χ4v) is 2.76. The van der Waals surface area contributed by atoms with Crippen molar-refractivity contribution in [2.45, 2.75) is 31.3 Å². The SMILES string of the molecule is OC(c1ccc(C2CCC2)cc1)c1occc1Br. The molecule has 2 aromatic rings. The summed E-state index contributed by atoms with van der Waals surface area (Å²) in [5.41, 5.74) is 2.25. The standard InChI is InChI=1S/C15H15BrO2/c16-13-8-9-18-15(13)14(17)12-6-4-11(5-7-12)10-2-1-3-10/h4-10,14,17H,1-3H2. The van der Waals surface area contributed by atoms with Crippen LogP contribution in [0.4, 0.5) is 0 Å². The molecule has 3 rings (SSSR count). The lowest BCUT2D eigenvalue weighted by Crippen LogP contribution is -2.08. The number of aliphatic hydroxyl groups is 1. The van der Waals surface area contributed by atoms with Crippen molar-refractivity contribution < 1.29 is 9.52 Å². The van der Waals surface area contributed by atoms with E-state index in [-0.39, 0.29) is 0 Å². The normalized spacial score (nSPS) is 17.4. The molecular weight excluding hydrogens is 292 g/mol. The molecule has 0 amide bonds. The molecule has 1 N–H and O–H groups in total. The van der Waals surface area contributed by atoms with Crippen LogP contribution in [0.3, 0.4) is 0 Å². The van der Waals surface area contributed by atoms with Gasteiger partial charge in [-0.3, -0.25) is 0 Å². The first-order chi connectivity index (χ1) is 8.75. The van der Waals surface area contributed by atoms with E-state index >= 15 is 0 Å².